The predicted molar refractivity (Wildman–Crippen MR) is 171 cm³/mol. The molecule has 8 rings (SSSR count). The average molecular weight is 651 g/mol. The molecule has 3 aliphatic rings. The van der Waals surface area contributed by atoms with E-state index in [0.29, 0.717) is 43.1 Å². The van der Waals surface area contributed by atoms with Gasteiger partial charge in [0.2, 0.25) is 11.8 Å². The quantitative estimate of drug-likeness (QED) is 0.190. The van der Waals surface area contributed by atoms with Crippen molar-refractivity contribution in [3.8, 4) is 17.1 Å². The molecule has 3 aromatic carbocycles. The fourth-order valence-electron chi connectivity index (χ4n) is 6.45. The van der Waals surface area contributed by atoms with E-state index in [4.69, 9.17) is 9.47 Å². The van der Waals surface area contributed by atoms with Crippen molar-refractivity contribution in [3.63, 3.8) is 0 Å². The Bertz CT molecular complexity index is 2090. The van der Waals surface area contributed by atoms with E-state index in [1.54, 1.807) is 30.3 Å². The maximum atomic E-state index is 15.6. The van der Waals surface area contributed by atoms with Crippen molar-refractivity contribution in [2.24, 2.45) is 5.92 Å². The first-order valence-corrected chi connectivity index (χ1v) is 16.1. The Morgan fingerprint density at radius 2 is 1.77 bits per heavy atom. The van der Waals surface area contributed by atoms with Gasteiger partial charge >= 0.3 is 5.97 Å². The molecular formula is C37H32F2N4O5. The van der Waals surface area contributed by atoms with Gasteiger partial charge in [-0.3, -0.25) is 4.79 Å². The number of imidazole rings is 1. The van der Waals surface area contributed by atoms with Gasteiger partial charge in [0.25, 0.3) is 0 Å². The zero-order valence-electron chi connectivity index (χ0n) is 26.0. The highest BCUT2D eigenvalue weighted by atomic mass is 19.1. The number of pyridine rings is 1. The molecule has 0 bridgehead atoms. The molecule has 1 N–H and O–H groups in total. The zero-order chi connectivity index (χ0) is 32.9. The maximum absolute atomic E-state index is 15.6. The van der Waals surface area contributed by atoms with Gasteiger partial charge in [0, 0.05) is 43.7 Å². The second kappa shape index (κ2) is 12.1. The number of aromatic carboxylic acids is 1. The number of carbonyl (C=O) groups is 2. The zero-order valence-corrected chi connectivity index (χ0v) is 26.0. The van der Waals surface area contributed by atoms with Crippen LogP contribution in [-0.4, -0.2) is 49.1 Å². The molecule has 4 heterocycles. The van der Waals surface area contributed by atoms with Crippen LogP contribution in [0.4, 0.5) is 8.78 Å². The van der Waals surface area contributed by atoms with Crippen LogP contribution in [0.1, 0.15) is 57.7 Å². The number of carbonyl (C=O) groups excluding carboxylic acids is 1. The molecule has 9 nitrogen and oxygen atoms in total. The summed E-state index contributed by atoms with van der Waals surface area (Å²) in [5.74, 6) is -1.14. The topological polar surface area (TPSA) is 107 Å². The molecule has 1 amide bonds. The number of nitrogens with zero attached hydrogens (tertiary/aromatic N) is 4. The second-order valence-corrected chi connectivity index (χ2v) is 12.8. The summed E-state index contributed by atoms with van der Waals surface area (Å²) in [6.45, 7) is 2.55. The molecule has 0 radical (unpaired) electrons. The molecule has 1 aliphatic carbocycles. The smallest absolute Gasteiger partial charge is 0.335 e. The minimum Gasteiger partial charge on any atom is -0.478 e. The number of hydrogen-bond acceptors (Lipinski definition) is 6. The predicted octanol–water partition coefficient (Wildman–Crippen LogP) is 6.29. The Labute approximate surface area is 274 Å². The Morgan fingerprint density at radius 1 is 0.938 bits per heavy atom. The van der Waals surface area contributed by atoms with E-state index in [-0.39, 0.29) is 59.2 Å². The highest BCUT2D eigenvalue weighted by Crippen LogP contribution is 2.35. The fraction of sp³-hybridized carbons (Fsp3) is 0.297. The Balaban J connectivity index is 0.994. The van der Waals surface area contributed by atoms with E-state index in [0.717, 1.165) is 48.1 Å². The van der Waals surface area contributed by atoms with Gasteiger partial charge in [-0.05, 0) is 77.9 Å². The van der Waals surface area contributed by atoms with Gasteiger partial charge in [0.1, 0.15) is 24.1 Å². The number of carboxylic acid groups (broad SMARTS) is 1. The summed E-state index contributed by atoms with van der Waals surface area (Å²) >= 11 is 0. The van der Waals surface area contributed by atoms with Crippen molar-refractivity contribution in [1.29, 1.82) is 0 Å². The minimum absolute atomic E-state index is 0.00197. The lowest BCUT2D eigenvalue weighted by Gasteiger charge is -2.27. The third-order valence-corrected chi connectivity index (χ3v) is 9.36. The number of rotatable bonds is 10. The molecule has 48 heavy (non-hydrogen) atoms. The van der Waals surface area contributed by atoms with Gasteiger partial charge in [-0.1, -0.05) is 24.3 Å². The fourth-order valence-corrected chi connectivity index (χ4v) is 6.45. The molecule has 2 aromatic heterocycles. The number of ether oxygens (including phenoxy) is 2. The standard InChI is InChI=1S/C37H32F2N4O5/c38-29-16-28(30(39)13-25(29)15-34-40-32-9-8-23(37(45)46)14-33(32)43(34)19-27-10-11-47-27)31-2-1-3-35(41-31)48-20-21-4-5-24-17-42(18-26(24)12-21)36(44)22-6-7-22/h1-5,8-9,12-14,16,22,27H,6-7,10-11,15,17-20H2,(H,45,46)/t27-/m0/s1. The molecule has 244 valence electrons. The first-order valence-electron chi connectivity index (χ1n) is 16.1. The summed E-state index contributed by atoms with van der Waals surface area (Å²) in [6, 6.07) is 17.9. The van der Waals surface area contributed by atoms with Crippen molar-refractivity contribution in [2.45, 2.75) is 58.0 Å². The van der Waals surface area contributed by atoms with E-state index in [9.17, 15) is 14.7 Å². The van der Waals surface area contributed by atoms with Gasteiger partial charge in [0.15, 0.2) is 0 Å². The molecular weight excluding hydrogens is 618 g/mol. The highest BCUT2D eigenvalue weighted by Gasteiger charge is 2.35. The lowest BCUT2D eigenvalue weighted by atomic mass is 10.0. The van der Waals surface area contributed by atoms with Crippen LogP contribution in [-0.2, 0) is 42.2 Å². The van der Waals surface area contributed by atoms with Gasteiger partial charge in [0.05, 0.1) is 34.9 Å². The molecule has 1 atom stereocenters. The molecule has 0 spiro atoms. The van der Waals surface area contributed by atoms with E-state index >= 15 is 8.78 Å². The van der Waals surface area contributed by atoms with Crippen LogP contribution in [0.2, 0.25) is 0 Å². The summed E-state index contributed by atoms with van der Waals surface area (Å²) in [6.07, 6.45) is 2.75. The summed E-state index contributed by atoms with van der Waals surface area (Å²) in [5, 5.41) is 9.50. The van der Waals surface area contributed by atoms with Crippen molar-refractivity contribution in [2.75, 3.05) is 6.61 Å². The molecule has 0 unspecified atom stereocenters. The van der Waals surface area contributed by atoms with Gasteiger partial charge in [-0.15, -0.1) is 0 Å². The van der Waals surface area contributed by atoms with Crippen molar-refractivity contribution in [1.82, 2.24) is 19.4 Å². The van der Waals surface area contributed by atoms with Crippen molar-refractivity contribution >= 4 is 22.9 Å². The monoisotopic (exact) mass is 650 g/mol. The number of fused-ring (bicyclic) bond motifs is 2. The SMILES string of the molecule is O=C(O)c1ccc2nc(Cc3cc(F)c(-c4cccc(OCc5ccc6c(c5)CN(C(=O)C5CC5)C6)n4)cc3F)n(C[C@@H]3CCO3)c2c1. The average Bonchev–Trinajstić information content (AvgIpc) is 3.74. The van der Waals surface area contributed by atoms with Crippen LogP contribution in [0.15, 0.2) is 66.7 Å². The number of aromatic nitrogens is 3. The maximum Gasteiger partial charge on any atom is 0.335 e. The van der Waals surface area contributed by atoms with Crippen LogP contribution in [0.25, 0.3) is 22.3 Å². The Kier molecular flexibility index (Phi) is 7.63. The van der Waals surface area contributed by atoms with Crippen LogP contribution in [0.3, 0.4) is 0 Å². The molecule has 2 fully saturated rings. The number of amides is 1. The van der Waals surface area contributed by atoms with Gasteiger partial charge < -0.3 is 24.0 Å². The van der Waals surface area contributed by atoms with E-state index in [1.165, 1.54) is 6.07 Å². The summed E-state index contributed by atoms with van der Waals surface area (Å²) in [7, 11) is 0. The number of hydrogen-bond donors (Lipinski definition) is 1. The molecule has 5 aromatic rings. The lowest BCUT2D eigenvalue weighted by Crippen LogP contribution is -2.31. The third kappa shape index (κ3) is 5.90. The highest BCUT2D eigenvalue weighted by molar-refractivity contribution is 5.92. The van der Waals surface area contributed by atoms with Crippen LogP contribution in [0.5, 0.6) is 5.88 Å². The summed E-state index contributed by atoms with van der Waals surface area (Å²) in [4.78, 5) is 35.1. The van der Waals surface area contributed by atoms with Crippen LogP contribution in [0, 0.1) is 17.6 Å². The molecule has 11 heteroatoms. The van der Waals surface area contributed by atoms with Crippen molar-refractivity contribution < 1.29 is 33.0 Å². The van der Waals surface area contributed by atoms with Crippen LogP contribution >= 0.6 is 0 Å². The van der Waals surface area contributed by atoms with Gasteiger partial charge in [-0.25, -0.2) is 23.5 Å². The van der Waals surface area contributed by atoms with E-state index in [1.807, 2.05) is 27.7 Å². The van der Waals surface area contributed by atoms with Crippen LogP contribution < -0.4 is 4.74 Å². The number of halogens is 2. The number of carboxylic acids is 1. The third-order valence-electron chi connectivity index (χ3n) is 9.36. The summed E-state index contributed by atoms with van der Waals surface area (Å²) < 4.78 is 44.6. The first kappa shape index (κ1) is 30.2. The Morgan fingerprint density at radius 3 is 2.54 bits per heavy atom. The second-order valence-electron chi connectivity index (χ2n) is 12.8. The van der Waals surface area contributed by atoms with E-state index < -0.39 is 17.6 Å². The molecule has 1 saturated carbocycles. The largest absolute Gasteiger partial charge is 0.478 e. The first-order chi connectivity index (χ1) is 23.3. The van der Waals surface area contributed by atoms with E-state index in [2.05, 4.69) is 9.97 Å². The minimum atomic E-state index is -1.06. The Hall–Kier alpha value is -5.16. The molecule has 2 aliphatic heterocycles. The van der Waals surface area contributed by atoms with Crippen molar-refractivity contribution in [3.05, 3.63) is 112 Å². The number of benzene rings is 3. The summed E-state index contributed by atoms with van der Waals surface area (Å²) in [5.41, 5.74) is 4.82. The normalized spacial score (nSPS) is 17.0. The van der Waals surface area contributed by atoms with Gasteiger partial charge in [-0.2, -0.15) is 0 Å². The lowest BCUT2D eigenvalue weighted by molar-refractivity contribution is -0.133. The molecule has 1 saturated heterocycles.